The second kappa shape index (κ2) is 9.38. The quantitative estimate of drug-likeness (QED) is 0.446. The Balaban J connectivity index is 1.22. The molecule has 0 spiro atoms. The monoisotopic (exact) mass is 475 g/mol. The van der Waals surface area contributed by atoms with Crippen LogP contribution in [-0.4, -0.2) is 66.2 Å². The highest BCUT2D eigenvalue weighted by Crippen LogP contribution is 2.28. The summed E-state index contributed by atoms with van der Waals surface area (Å²) in [6.45, 7) is 1.81. The Hall–Kier alpha value is -3.53. The van der Waals surface area contributed by atoms with Gasteiger partial charge in [0.25, 0.3) is 0 Å². The van der Waals surface area contributed by atoms with Crippen molar-refractivity contribution >= 4 is 32.7 Å². The maximum Gasteiger partial charge on any atom is 0.245 e. The molecule has 3 heterocycles. The Kier molecular flexibility index (Phi) is 6.14. The molecule has 5 rings (SSSR count). The highest BCUT2D eigenvalue weighted by Gasteiger charge is 2.31. The zero-order chi connectivity index (χ0) is 23.5. The molecule has 1 aliphatic rings. The lowest BCUT2D eigenvalue weighted by Gasteiger charge is -2.33. The largest absolute Gasteiger partial charge is 0.345 e. The number of carbonyl (C=O) groups excluding carboxylic acids is 1. The van der Waals surface area contributed by atoms with Crippen LogP contribution < -0.4 is 5.32 Å². The van der Waals surface area contributed by atoms with E-state index in [1.165, 1.54) is 10.5 Å². The summed E-state index contributed by atoms with van der Waals surface area (Å²) in [6.07, 6.45) is 3.12. The number of sulfonamides is 1. The average molecular weight is 476 g/mol. The number of carbonyl (C=O) groups is 1. The molecular weight excluding hydrogens is 450 g/mol. The number of piperazine rings is 1. The van der Waals surface area contributed by atoms with Crippen LogP contribution in [0.3, 0.4) is 0 Å². The number of aromatic amines is 1. The molecule has 1 amide bonds. The molecule has 1 fully saturated rings. The number of rotatable bonds is 6. The number of hydrogen-bond donors (Lipinski definition) is 2. The highest BCUT2D eigenvalue weighted by atomic mass is 32.2. The molecule has 8 nitrogen and oxygen atoms in total. The van der Waals surface area contributed by atoms with Crippen LogP contribution in [0.5, 0.6) is 0 Å². The van der Waals surface area contributed by atoms with Crippen molar-refractivity contribution in [3.8, 4) is 11.1 Å². The molecule has 0 radical (unpaired) electrons. The number of H-pyrrole nitrogens is 1. The van der Waals surface area contributed by atoms with Crippen LogP contribution in [0, 0.1) is 0 Å². The molecule has 2 N–H and O–H groups in total. The number of nitrogens with one attached hydrogen (secondary N) is 2. The molecule has 4 aromatic rings. The van der Waals surface area contributed by atoms with Gasteiger partial charge in [-0.15, -0.1) is 0 Å². The van der Waals surface area contributed by atoms with E-state index >= 15 is 0 Å². The van der Waals surface area contributed by atoms with E-state index in [0.29, 0.717) is 37.2 Å². The van der Waals surface area contributed by atoms with Gasteiger partial charge in [0.2, 0.25) is 15.9 Å². The van der Waals surface area contributed by atoms with Crippen molar-refractivity contribution in [2.24, 2.45) is 0 Å². The fourth-order valence-electron chi connectivity index (χ4n) is 4.27. The molecule has 174 valence electrons. The Bertz CT molecular complexity index is 1410. The van der Waals surface area contributed by atoms with Crippen LogP contribution in [0.15, 0.2) is 84.0 Å². The standard InChI is InChI=1S/C25H25N5O3S/c31-24(28-22-11-5-4-9-20(22)19-7-2-1-3-8-19)18-29-13-15-30(16-14-29)34(32,33)23-17-27-25-21(23)10-6-12-26-25/h1-12,17H,13-16,18H2,(H,26,27)(H,28,31). The lowest BCUT2D eigenvalue weighted by molar-refractivity contribution is -0.117. The van der Waals surface area contributed by atoms with Gasteiger partial charge in [-0.25, -0.2) is 13.4 Å². The van der Waals surface area contributed by atoms with Crippen molar-refractivity contribution in [1.82, 2.24) is 19.2 Å². The van der Waals surface area contributed by atoms with Gasteiger partial charge in [-0.2, -0.15) is 4.31 Å². The number of fused-ring (bicyclic) bond motifs is 1. The SMILES string of the molecule is O=C(CN1CCN(S(=O)(=O)c2c[nH]c3ncccc23)CC1)Nc1ccccc1-c1ccccc1. The molecular formula is C25H25N5O3S. The molecule has 2 aromatic carbocycles. The van der Waals surface area contributed by atoms with Gasteiger partial charge in [-0.3, -0.25) is 9.69 Å². The number of para-hydroxylation sites is 1. The van der Waals surface area contributed by atoms with Gasteiger partial charge < -0.3 is 10.3 Å². The van der Waals surface area contributed by atoms with Crippen LogP contribution >= 0.6 is 0 Å². The smallest absolute Gasteiger partial charge is 0.245 e. The first-order valence-electron chi connectivity index (χ1n) is 11.1. The first kappa shape index (κ1) is 22.3. The Morgan fingerprint density at radius 1 is 0.941 bits per heavy atom. The summed E-state index contributed by atoms with van der Waals surface area (Å²) < 4.78 is 27.8. The average Bonchev–Trinajstić information content (AvgIpc) is 3.30. The summed E-state index contributed by atoms with van der Waals surface area (Å²) in [7, 11) is -3.65. The van der Waals surface area contributed by atoms with Gasteiger partial charge in [0.1, 0.15) is 10.5 Å². The van der Waals surface area contributed by atoms with Gasteiger partial charge in [-0.1, -0.05) is 48.5 Å². The van der Waals surface area contributed by atoms with Gasteiger partial charge in [0, 0.05) is 55.2 Å². The molecule has 9 heteroatoms. The van der Waals surface area contributed by atoms with E-state index in [0.717, 1.165) is 16.8 Å². The Labute approximate surface area is 198 Å². The predicted octanol–water partition coefficient (Wildman–Crippen LogP) is 3.17. The van der Waals surface area contributed by atoms with Gasteiger partial charge in [0.15, 0.2) is 0 Å². The van der Waals surface area contributed by atoms with Crippen LogP contribution in [0.2, 0.25) is 0 Å². The summed E-state index contributed by atoms with van der Waals surface area (Å²) in [6, 6.07) is 21.1. The molecule has 34 heavy (non-hydrogen) atoms. The number of anilines is 1. The third kappa shape index (κ3) is 4.45. The van der Waals surface area contributed by atoms with Gasteiger partial charge in [0.05, 0.1) is 6.54 Å². The second-order valence-corrected chi connectivity index (χ2v) is 10.1. The first-order chi connectivity index (χ1) is 16.5. The van der Waals surface area contributed by atoms with Crippen molar-refractivity contribution in [1.29, 1.82) is 0 Å². The second-order valence-electron chi connectivity index (χ2n) is 8.19. The zero-order valence-electron chi connectivity index (χ0n) is 18.5. The molecule has 0 unspecified atom stereocenters. The van der Waals surface area contributed by atoms with E-state index in [2.05, 4.69) is 15.3 Å². The molecule has 0 bridgehead atoms. The number of pyridine rings is 1. The lowest BCUT2D eigenvalue weighted by atomic mass is 10.0. The third-order valence-electron chi connectivity index (χ3n) is 6.02. The molecule has 1 aliphatic heterocycles. The summed E-state index contributed by atoms with van der Waals surface area (Å²) in [4.78, 5) is 22.1. The summed E-state index contributed by atoms with van der Waals surface area (Å²) >= 11 is 0. The van der Waals surface area contributed by atoms with E-state index in [4.69, 9.17) is 0 Å². The maximum absolute atomic E-state index is 13.2. The number of benzene rings is 2. The van der Waals surface area contributed by atoms with Crippen LogP contribution in [0.4, 0.5) is 5.69 Å². The summed E-state index contributed by atoms with van der Waals surface area (Å²) in [5, 5.41) is 3.60. The number of nitrogens with zero attached hydrogens (tertiary/aromatic N) is 3. The van der Waals surface area contributed by atoms with Crippen molar-refractivity contribution < 1.29 is 13.2 Å². The van der Waals surface area contributed by atoms with E-state index in [9.17, 15) is 13.2 Å². The maximum atomic E-state index is 13.2. The Morgan fingerprint density at radius 3 is 2.47 bits per heavy atom. The predicted molar refractivity (Wildman–Crippen MR) is 132 cm³/mol. The molecule has 0 aliphatic carbocycles. The van der Waals surface area contributed by atoms with E-state index in [1.807, 2.05) is 59.5 Å². The normalized spacial score (nSPS) is 15.4. The van der Waals surface area contributed by atoms with Crippen LogP contribution in [-0.2, 0) is 14.8 Å². The van der Waals surface area contributed by atoms with Gasteiger partial charge in [-0.05, 0) is 23.8 Å². The van der Waals surface area contributed by atoms with Gasteiger partial charge >= 0.3 is 0 Å². The van der Waals surface area contributed by atoms with Crippen molar-refractivity contribution in [2.45, 2.75) is 4.90 Å². The van der Waals surface area contributed by atoms with Crippen molar-refractivity contribution in [3.63, 3.8) is 0 Å². The van der Waals surface area contributed by atoms with Crippen molar-refractivity contribution in [3.05, 3.63) is 79.1 Å². The lowest BCUT2D eigenvalue weighted by Crippen LogP contribution is -2.50. The topological polar surface area (TPSA) is 98.4 Å². The molecule has 0 saturated carbocycles. The molecule has 1 saturated heterocycles. The zero-order valence-corrected chi connectivity index (χ0v) is 19.3. The fourth-order valence-corrected chi connectivity index (χ4v) is 5.84. The van der Waals surface area contributed by atoms with E-state index < -0.39 is 10.0 Å². The Morgan fingerprint density at radius 2 is 1.68 bits per heavy atom. The fraction of sp³-hybridized carbons (Fsp3) is 0.200. The van der Waals surface area contributed by atoms with Crippen LogP contribution in [0.1, 0.15) is 0 Å². The van der Waals surface area contributed by atoms with Crippen molar-refractivity contribution in [2.75, 3.05) is 38.0 Å². The number of hydrogen-bond acceptors (Lipinski definition) is 5. The molecule has 0 atom stereocenters. The summed E-state index contributed by atoms with van der Waals surface area (Å²) in [5.41, 5.74) is 3.30. The first-order valence-corrected chi connectivity index (χ1v) is 12.6. The van der Waals surface area contributed by atoms with E-state index in [1.54, 1.807) is 18.3 Å². The third-order valence-corrected chi connectivity index (χ3v) is 7.95. The molecule has 2 aromatic heterocycles. The van der Waals surface area contributed by atoms with Crippen LogP contribution in [0.25, 0.3) is 22.2 Å². The number of amides is 1. The minimum absolute atomic E-state index is 0.123. The minimum atomic E-state index is -3.65. The van der Waals surface area contributed by atoms with E-state index in [-0.39, 0.29) is 17.3 Å². The summed E-state index contributed by atoms with van der Waals surface area (Å²) in [5.74, 6) is -0.123. The number of aromatic nitrogens is 2. The highest BCUT2D eigenvalue weighted by molar-refractivity contribution is 7.89. The minimum Gasteiger partial charge on any atom is -0.345 e.